The normalized spacial score (nSPS) is 11.6. The number of ether oxygens (including phenoxy) is 2. The summed E-state index contributed by atoms with van der Waals surface area (Å²) in [6.45, 7) is 1.63. The molecule has 0 saturated heterocycles. The first-order valence-electron chi connectivity index (χ1n) is 9.81. The number of benzene rings is 3. The molecule has 0 bridgehead atoms. The van der Waals surface area contributed by atoms with Crippen LogP contribution in [0.4, 0.5) is 10.3 Å². The molecule has 0 saturated carbocycles. The third-order valence-electron chi connectivity index (χ3n) is 4.82. The molecule has 160 valence electrons. The average molecular weight is 430 g/mol. The number of para-hydroxylation sites is 2. The summed E-state index contributed by atoms with van der Waals surface area (Å²) in [5.74, 6) is 0.302. The molecule has 4 aromatic rings. The van der Waals surface area contributed by atoms with E-state index in [0.29, 0.717) is 17.4 Å². The van der Waals surface area contributed by atoms with Gasteiger partial charge in [-0.2, -0.15) is 5.26 Å². The predicted molar refractivity (Wildman–Crippen MR) is 117 cm³/mol. The number of anilines is 1. The number of fused-ring (bicyclic) bond motifs is 1. The van der Waals surface area contributed by atoms with Gasteiger partial charge in [0.25, 0.3) is 5.91 Å². The number of nitrogens with zero attached hydrogens (tertiary/aromatic N) is 3. The minimum Gasteiger partial charge on any atom is -0.481 e. The highest BCUT2D eigenvalue weighted by atomic mass is 19.1. The number of carbonyl (C=O) groups excluding carboxylic acids is 1. The Morgan fingerprint density at radius 3 is 2.53 bits per heavy atom. The van der Waals surface area contributed by atoms with Crippen molar-refractivity contribution in [3.8, 4) is 23.3 Å². The summed E-state index contributed by atoms with van der Waals surface area (Å²) in [4.78, 5) is 17.0. The molecule has 8 heteroatoms. The number of aryl methyl sites for hydroxylation is 1. The molecule has 1 amide bonds. The maximum absolute atomic E-state index is 14.0. The standard InChI is InChI=1S/C24H19FN4O3/c1-15(23(30)28-24-27-20-5-3-4-6-21(20)29(24)2)31-17-8-10-18(11-9-17)32-22-12-7-16(14-26)13-19(22)25/h3-13,15H,1-2H3,(H,27,28,30)/t15-/m1/s1. The first-order valence-corrected chi connectivity index (χ1v) is 9.81. The van der Waals surface area contributed by atoms with E-state index in [1.807, 2.05) is 37.4 Å². The smallest absolute Gasteiger partial charge is 0.267 e. The molecule has 1 aromatic heterocycles. The Morgan fingerprint density at radius 1 is 1.12 bits per heavy atom. The maximum Gasteiger partial charge on any atom is 0.267 e. The molecule has 3 aromatic carbocycles. The second-order valence-electron chi connectivity index (χ2n) is 7.06. The van der Waals surface area contributed by atoms with Crippen molar-refractivity contribution in [2.24, 2.45) is 7.05 Å². The van der Waals surface area contributed by atoms with E-state index in [0.717, 1.165) is 17.1 Å². The van der Waals surface area contributed by atoms with Gasteiger partial charge in [0.1, 0.15) is 11.5 Å². The van der Waals surface area contributed by atoms with Crippen molar-refractivity contribution in [1.29, 1.82) is 5.26 Å². The van der Waals surface area contributed by atoms with E-state index < -0.39 is 11.9 Å². The van der Waals surface area contributed by atoms with Crippen LogP contribution < -0.4 is 14.8 Å². The number of amides is 1. The number of hydrogen-bond acceptors (Lipinski definition) is 5. The number of nitriles is 1. The van der Waals surface area contributed by atoms with Gasteiger partial charge in [0, 0.05) is 7.05 Å². The largest absolute Gasteiger partial charge is 0.481 e. The van der Waals surface area contributed by atoms with Gasteiger partial charge in [0.05, 0.1) is 22.7 Å². The van der Waals surface area contributed by atoms with Gasteiger partial charge in [-0.05, 0) is 61.5 Å². The Morgan fingerprint density at radius 2 is 1.84 bits per heavy atom. The van der Waals surface area contributed by atoms with Crippen molar-refractivity contribution in [1.82, 2.24) is 9.55 Å². The van der Waals surface area contributed by atoms with Crippen LogP contribution in [-0.2, 0) is 11.8 Å². The molecule has 0 unspecified atom stereocenters. The molecule has 1 N–H and O–H groups in total. The lowest BCUT2D eigenvalue weighted by atomic mass is 10.2. The predicted octanol–water partition coefficient (Wildman–Crippen LogP) is 4.78. The van der Waals surface area contributed by atoms with Crippen molar-refractivity contribution in [2.45, 2.75) is 13.0 Å². The van der Waals surface area contributed by atoms with Gasteiger partial charge in [0.15, 0.2) is 17.7 Å². The zero-order valence-corrected chi connectivity index (χ0v) is 17.4. The van der Waals surface area contributed by atoms with Crippen LogP contribution in [0.2, 0.25) is 0 Å². The fourth-order valence-electron chi connectivity index (χ4n) is 3.09. The van der Waals surface area contributed by atoms with Gasteiger partial charge in [-0.25, -0.2) is 9.37 Å². The fraction of sp³-hybridized carbons (Fsp3) is 0.125. The number of hydrogen-bond donors (Lipinski definition) is 1. The van der Waals surface area contributed by atoms with E-state index in [2.05, 4.69) is 10.3 Å². The molecule has 0 aliphatic carbocycles. The lowest BCUT2D eigenvalue weighted by Gasteiger charge is -2.15. The van der Waals surface area contributed by atoms with Crippen molar-refractivity contribution in [2.75, 3.05) is 5.32 Å². The van der Waals surface area contributed by atoms with E-state index >= 15 is 0 Å². The SMILES string of the molecule is C[C@@H](Oc1ccc(Oc2ccc(C#N)cc2F)cc1)C(=O)Nc1nc2ccccc2n1C. The van der Waals surface area contributed by atoms with Crippen LogP contribution >= 0.6 is 0 Å². The summed E-state index contributed by atoms with van der Waals surface area (Å²) in [7, 11) is 1.83. The minimum atomic E-state index is -0.780. The Labute approximate surface area is 183 Å². The van der Waals surface area contributed by atoms with E-state index in [9.17, 15) is 9.18 Å². The monoisotopic (exact) mass is 430 g/mol. The first kappa shape index (κ1) is 20.9. The third-order valence-corrected chi connectivity index (χ3v) is 4.82. The van der Waals surface area contributed by atoms with Gasteiger partial charge in [-0.3, -0.25) is 10.1 Å². The summed E-state index contributed by atoms with van der Waals surface area (Å²) >= 11 is 0. The first-order chi connectivity index (χ1) is 15.4. The summed E-state index contributed by atoms with van der Waals surface area (Å²) in [5, 5.41) is 11.6. The van der Waals surface area contributed by atoms with Crippen LogP contribution in [0.25, 0.3) is 11.0 Å². The zero-order valence-electron chi connectivity index (χ0n) is 17.4. The van der Waals surface area contributed by atoms with Gasteiger partial charge < -0.3 is 14.0 Å². The van der Waals surface area contributed by atoms with Crippen LogP contribution in [0.3, 0.4) is 0 Å². The lowest BCUT2D eigenvalue weighted by molar-refractivity contribution is -0.122. The molecule has 7 nitrogen and oxygen atoms in total. The van der Waals surface area contributed by atoms with E-state index in [4.69, 9.17) is 14.7 Å². The molecule has 0 aliphatic heterocycles. The summed E-state index contributed by atoms with van der Waals surface area (Å²) in [6.07, 6.45) is -0.780. The molecular formula is C24H19FN4O3. The molecular weight excluding hydrogens is 411 g/mol. The van der Waals surface area contributed by atoms with Crippen LogP contribution in [0, 0.1) is 17.1 Å². The number of halogens is 1. The highest BCUT2D eigenvalue weighted by Crippen LogP contribution is 2.27. The number of aromatic nitrogens is 2. The van der Waals surface area contributed by atoms with Crippen molar-refractivity contribution >= 4 is 22.9 Å². The molecule has 0 aliphatic rings. The number of rotatable bonds is 6. The van der Waals surface area contributed by atoms with E-state index in [-0.39, 0.29) is 17.2 Å². The zero-order chi connectivity index (χ0) is 22.7. The van der Waals surface area contributed by atoms with Crippen molar-refractivity contribution in [3.63, 3.8) is 0 Å². The number of imidazole rings is 1. The van der Waals surface area contributed by atoms with Crippen molar-refractivity contribution < 1.29 is 18.7 Å². The molecule has 4 rings (SSSR count). The quantitative estimate of drug-likeness (QED) is 0.475. The molecule has 0 radical (unpaired) electrons. The van der Waals surface area contributed by atoms with Gasteiger partial charge >= 0.3 is 0 Å². The Kier molecular flexibility index (Phi) is 5.73. The van der Waals surface area contributed by atoms with Crippen LogP contribution in [0.5, 0.6) is 17.2 Å². The van der Waals surface area contributed by atoms with E-state index in [1.165, 1.54) is 12.1 Å². The summed E-state index contributed by atoms with van der Waals surface area (Å²) in [6, 6.07) is 19.9. The van der Waals surface area contributed by atoms with Crippen LogP contribution in [0.1, 0.15) is 12.5 Å². The summed E-state index contributed by atoms with van der Waals surface area (Å²) in [5.41, 5.74) is 1.91. The highest BCUT2D eigenvalue weighted by molar-refractivity contribution is 5.94. The minimum absolute atomic E-state index is 0.00729. The maximum atomic E-state index is 14.0. The molecule has 1 heterocycles. The average Bonchev–Trinajstić information content (AvgIpc) is 3.11. The highest BCUT2D eigenvalue weighted by Gasteiger charge is 2.18. The van der Waals surface area contributed by atoms with Crippen LogP contribution in [-0.4, -0.2) is 21.6 Å². The van der Waals surface area contributed by atoms with Gasteiger partial charge in [-0.15, -0.1) is 0 Å². The molecule has 1 atom stereocenters. The topological polar surface area (TPSA) is 89.2 Å². The Bertz CT molecular complexity index is 1330. The number of carbonyl (C=O) groups is 1. The second kappa shape index (κ2) is 8.78. The third kappa shape index (κ3) is 4.37. The van der Waals surface area contributed by atoms with E-state index in [1.54, 1.807) is 35.8 Å². The Hall–Kier alpha value is -4.38. The van der Waals surface area contributed by atoms with Crippen LogP contribution in [0.15, 0.2) is 66.7 Å². The second-order valence-corrected chi connectivity index (χ2v) is 7.06. The molecule has 32 heavy (non-hydrogen) atoms. The Balaban J connectivity index is 1.39. The fourth-order valence-corrected chi connectivity index (χ4v) is 3.09. The van der Waals surface area contributed by atoms with Crippen molar-refractivity contribution in [3.05, 3.63) is 78.1 Å². The lowest BCUT2D eigenvalue weighted by Crippen LogP contribution is -2.31. The summed E-state index contributed by atoms with van der Waals surface area (Å²) < 4.78 is 27.0. The molecule has 0 fully saturated rings. The molecule has 0 spiro atoms. The van der Waals surface area contributed by atoms with Gasteiger partial charge in [0.2, 0.25) is 5.95 Å². The van der Waals surface area contributed by atoms with Gasteiger partial charge in [-0.1, -0.05) is 12.1 Å². The number of nitrogens with one attached hydrogen (secondary N) is 1.